The zero-order valence-corrected chi connectivity index (χ0v) is 18.4. The molecule has 1 N–H and O–H groups in total. The maximum atomic E-state index is 14.5. The van der Waals surface area contributed by atoms with Crippen LogP contribution in [-0.2, 0) is 4.79 Å². The van der Waals surface area contributed by atoms with Gasteiger partial charge in [0.1, 0.15) is 24.0 Å². The second kappa shape index (κ2) is 11.1. The van der Waals surface area contributed by atoms with Crippen LogP contribution in [-0.4, -0.2) is 37.0 Å². The number of hydrogen-bond donors (Lipinski definition) is 1. The van der Waals surface area contributed by atoms with E-state index in [1.807, 2.05) is 30.3 Å². The van der Waals surface area contributed by atoms with E-state index >= 15 is 0 Å². The zero-order chi connectivity index (χ0) is 23.0. The summed E-state index contributed by atoms with van der Waals surface area (Å²) in [4.78, 5) is 15.4. The van der Waals surface area contributed by atoms with Crippen molar-refractivity contribution in [3.05, 3.63) is 102 Å². The molecular formula is C27H28F2N2O2. The van der Waals surface area contributed by atoms with E-state index in [0.717, 1.165) is 38.2 Å². The van der Waals surface area contributed by atoms with Gasteiger partial charge in [0, 0.05) is 18.0 Å². The van der Waals surface area contributed by atoms with Gasteiger partial charge in [0.05, 0.1) is 6.04 Å². The van der Waals surface area contributed by atoms with E-state index in [2.05, 4.69) is 10.2 Å². The van der Waals surface area contributed by atoms with Crippen molar-refractivity contribution in [2.24, 2.45) is 5.92 Å². The van der Waals surface area contributed by atoms with Crippen LogP contribution in [0.1, 0.15) is 30.0 Å². The SMILES string of the molecule is O=C(NC(c1ccc(F)cc1)c1ccccc1F)C1CCN(CCOc2ccccc2)CC1. The van der Waals surface area contributed by atoms with Crippen molar-refractivity contribution in [2.75, 3.05) is 26.2 Å². The molecule has 3 aromatic rings. The molecule has 1 atom stereocenters. The summed E-state index contributed by atoms with van der Waals surface area (Å²) in [6, 6.07) is 21.2. The summed E-state index contributed by atoms with van der Waals surface area (Å²) in [5.41, 5.74) is 1.01. The van der Waals surface area contributed by atoms with Crippen molar-refractivity contribution < 1.29 is 18.3 Å². The molecule has 172 valence electrons. The molecular weight excluding hydrogens is 422 g/mol. The Morgan fingerprint density at radius 1 is 0.939 bits per heavy atom. The monoisotopic (exact) mass is 450 g/mol. The van der Waals surface area contributed by atoms with Gasteiger partial charge in [0.15, 0.2) is 0 Å². The summed E-state index contributed by atoms with van der Waals surface area (Å²) >= 11 is 0. The first kappa shape index (κ1) is 22.9. The minimum Gasteiger partial charge on any atom is -0.492 e. The number of halogens is 2. The van der Waals surface area contributed by atoms with Gasteiger partial charge in [-0.2, -0.15) is 0 Å². The normalized spacial score (nSPS) is 15.7. The largest absolute Gasteiger partial charge is 0.492 e. The number of carbonyl (C=O) groups excluding carboxylic acids is 1. The number of ether oxygens (including phenoxy) is 1. The Hall–Kier alpha value is -3.25. The third kappa shape index (κ3) is 6.17. The first-order chi connectivity index (χ1) is 16.1. The molecule has 1 amide bonds. The van der Waals surface area contributed by atoms with Crippen LogP contribution < -0.4 is 10.1 Å². The molecule has 0 bridgehead atoms. The van der Waals surface area contributed by atoms with Crippen LogP contribution in [0.25, 0.3) is 0 Å². The highest BCUT2D eigenvalue weighted by Gasteiger charge is 2.28. The second-order valence-electron chi connectivity index (χ2n) is 8.29. The molecule has 1 aliphatic heterocycles. The maximum Gasteiger partial charge on any atom is 0.223 e. The molecule has 0 spiro atoms. The number of amides is 1. The lowest BCUT2D eigenvalue weighted by atomic mass is 9.93. The van der Waals surface area contributed by atoms with Crippen LogP contribution >= 0.6 is 0 Å². The van der Waals surface area contributed by atoms with E-state index in [9.17, 15) is 13.6 Å². The first-order valence-corrected chi connectivity index (χ1v) is 11.3. The third-order valence-corrected chi connectivity index (χ3v) is 6.08. The minimum absolute atomic E-state index is 0.104. The van der Waals surface area contributed by atoms with Crippen LogP contribution in [0.2, 0.25) is 0 Å². The van der Waals surface area contributed by atoms with Crippen LogP contribution in [0, 0.1) is 17.6 Å². The van der Waals surface area contributed by atoms with Crippen molar-refractivity contribution in [1.82, 2.24) is 10.2 Å². The molecule has 1 heterocycles. The maximum absolute atomic E-state index is 14.5. The number of carbonyl (C=O) groups is 1. The summed E-state index contributed by atoms with van der Waals surface area (Å²) in [7, 11) is 0. The molecule has 33 heavy (non-hydrogen) atoms. The smallest absolute Gasteiger partial charge is 0.223 e. The number of likely N-dealkylation sites (tertiary alicyclic amines) is 1. The third-order valence-electron chi connectivity index (χ3n) is 6.08. The van der Waals surface area contributed by atoms with Gasteiger partial charge in [-0.15, -0.1) is 0 Å². The number of hydrogen-bond acceptors (Lipinski definition) is 3. The Morgan fingerprint density at radius 3 is 2.30 bits per heavy atom. The van der Waals surface area contributed by atoms with E-state index in [0.29, 0.717) is 17.7 Å². The Bertz CT molecular complexity index is 1040. The van der Waals surface area contributed by atoms with Gasteiger partial charge >= 0.3 is 0 Å². The number of nitrogens with one attached hydrogen (secondary N) is 1. The molecule has 1 aliphatic rings. The lowest BCUT2D eigenvalue weighted by Gasteiger charge is -2.32. The number of rotatable bonds is 8. The van der Waals surface area contributed by atoms with Crippen LogP contribution in [0.4, 0.5) is 8.78 Å². The molecule has 4 rings (SSSR count). The van der Waals surface area contributed by atoms with Crippen molar-refractivity contribution >= 4 is 5.91 Å². The second-order valence-corrected chi connectivity index (χ2v) is 8.29. The number of nitrogens with zero attached hydrogens (tertiary/aromatic N) is 1. The summed E-state index contributed by atoms with van der Waals surface area (Å²) in [5.74, 6) is -0.174. The van der Waals surface area contributed by atoms with Gasteiger partial charge in [-0.1, -0.05) is 48.5 Å². The fraction of sp³-hybridized carbons (Fsp3) is 0.296. The predicted octanol–water partition coefficient (Wildman–Crippen LogP) is 4.96. The molecule has 4 nitrogen and oxygen atoms in total. The molecule has 0 aromatic heterocycles. The van der Waals surface area contributed by atoms with Crippen molar-refractivity contribution in [3.63, 3.8) is 0 Å². The van der Waals surface area contributed by atoms with Crippen molar-refractivity contribution in [2.45, 2.75) is 18.9 Å². The van der Waals surface area contributed by atoms with E-state index in [4.69, 9.17) is 4.74 Å². The molecule has 1 unspecified atom stereocenters. The Morgan fingerprint density at radius 2 is 1.61 bits per heavy atom. The fourth-order valence-electron chi connectivity index (χ4n) is 4.19. The standard InChI is InChI=1S/C27H28F2N2O2/c28-22-12-10-20(11-13-22)26(24-8-4-5-9-25(24)29)30-27(32)21-14-16-31(17-15-21)18-19-33-23-6-2-1-3-7-23/h1-13,21,26H,14-19H2,(H,30,32). The van der Waals surface area contributed by atoms with E-state index in [1.165, 1.54) is 18.2 Å². The van der Waals surface area contributed by atoms with Crippen LogP contribution in [0.5, 0.6) is 5.75 Å². The van der Waals surface area contributed by atoms with Gasteiger partial charge < -0.3 is 10.1 Å². The summed E-state index contributed by atoms with van der Waals surface area (Å²) in [6.07, 6.45) is 1.45. The number of benzene rings is 3. The number of piperidine rings is 1. The molecule has 3 aromatic carbocycles. The quantitative estimate of drug-likeness (QED) is 0.527. The van der Waals surface area contributed by atoms with Gasteiger partial charge in [-0.3, -0.25) is 9.69 Å². The molecule has 1 saturated heterocycles. The predicted molar refractivity (Wildman–Crippen MR) is 124 cm³/mol. The van der Waals surface area contributed by atoms with Crippen LogP contribution in [0.15, 0.2) is 78.9 Å². The van der Waals surface area contributed by atoms with Gasteiger partial charge in [0.2, 0.25) is 5.91 Å². The van der Waals surface area contributed by atoms with Crippen molar-refractivity contribution in [3.8, 4) is 5.75 Å². The average molecular weight is 451 g/mol. The minimum atomic E-state index is -0.670. The highest BCUT2D eigenvalue weighted by molar-refractivity contribution is 5.79. The van der Waals surface area contributed by atoms with E-state index < -0.39 is 11.9 Å². The van der Waals surface area contributed by atoms with Gasteiger partial charge in [-0.25, -0.2) is 8.78 Å². The van der Waals surface area contributed by atoms with E-state index in [-0.39, 0.29) is 17.6 Å². The first-order valence-electron chi connectivity index (χ1n) is 11.3. The number of para-hydroxylation sites is 1. The van der Waals surface area contributed by atoms with Crippen LogP contribution in [0.3, 0.4) is 0 Å². The fourth-order valence-corrected chi connectivity index (χ4v) is 4.19. The van der Waals surface area contributed by atoms with Gasteiger partial charge in [-0.05, 0) is 61.8 Å². The molecule has 0 radical (unpaired) electrons. The average Bonchev–Trinajstić information content (AvgIpc) is 2.85. The zero-order valence-electron chi connectivity index (χ0n) is 18.4. The molecule has 6 heteroatoms. The Kier molecular flexibility index (Phi) is 7.68. The molecule has 0 aliphatic carbocycles. The highest BCUT2D eigenvalue weighted by Crippen LogP contribution is 2.27. The molecule has 0 saturated carbocycles. The van der Waals surface area contributed by atoms with Gasteiger partial charge in [0.25, 0.3) is 0 Å². The topological polar surface area (TPSA) is 41.6 Å². The molecule has 1 fully saturated rings. The summed E-state index contributed by atoms with van der Waals surface area (Å²) in [6.45, 7) is 3.01. The summed E-state index contributed by atoms with van der Waals surface area (Å²) in [5, 5.41) is 3.01. The van der Waals surface area contributed by atoms with Crippen molar-refractivity contribution in [1.29, 1.82) is 0 Å². The highest BCUT2D eigenvalue weighted by atomic mass is 19.1. The lowest BCUT2D eigenvalue weighted by Crippen LogP contribution is -2.43. The summed E-state index contributed by atoms with van der Waals surface area (Å²) < 4.78 is 33.7. The Balaban J connectivity index is 1.34. The Labute approximate surface area is 193 Å². The lowest BCUT2D eigenvalue weighted by molar-refractivity contribution is -0.127. The van der Waals surface area contributed by atoms with E-state index in [1.54, 1.807) is 30.3 Å².